The van der Waals surface area contributed by atoms with Gasteiger partial charge in [-0.2, -0.15) is 0 Å². The van der Waals surface area contributed by atoms with E-state index in [-0.39, 0.29) is 17.9 Å². The van der Waals surface area contributed by atoms with Gasteiger partial charge in [0.1, 0.15) is 11.9 Å². The van der Waals surface area contributed by atoms with Gasteiger partial charge in [-0.1, -0.05) is 24.3 Å². The van der Waals surface area contributed by atoms with E-state index in [0.717, 1.165) is 42.6 Å². The Kier molecular flexibility index (Phi) is 6.40. The van der Waals surface area contributed by atoms with Gasteiger partial charge in [0, 0.05) is 43.6 Å². The Bertz CT molecular complexity index is 969. The van der Waals surface area contributed by atoms with Crippen LogP contribution in [-0.2, 0) is 4.79 Å². The highest BCUT2D eigenvalue weighted by Crippen LogP contribution is 2.24. The summed E-state index contributed by atoms with van der Waals surface area (Å²) in [4.78, 5) is 26.5. The zero-order chi connectivity index (χ0) is 21.8. The predicted molar refractivity (Wildman–Crippen MR) is 122 cm³/mol. The van der Waals surface area contributed by atoms with E-state index in [9.17, 15) is 9.59 Å². The maximum absolute atomic E-state index is 12.6. The van der Waals surface area contributed by atoms with Crippen LogP contribution in [0.4, 0.5) is 0 Å². The molecule has 5 nitrogen and oxygen atoms in total. The standard InChI is InChI=1S/C26H30N2O3/c1-18-3-4-19(2)24(17-18)31-23-13-15-28(16-14-23)25(29)12-7-20-5-8-21(9-6-20)26(30)27-22-10-11-22/h3-9,12,17,22-23H,10-11,13-16H2,1-2H3,(H,27,30)/b12-7+. The third kappa shape index (κ3) is 5.75. The molecule has 0 radical (unpaired) electrons. The monoisotopic (exact) mass is 418 g/mol. The Hall–Kier alpha value is -3.08. The second-order valence-corrected chi connectivity index (χ2v) is 8.61. The molecule has 0 unspecified atom stereocenters. The number of rotatable bonds is 6. The molecule has 1 N–H and O–H groups in total. The first-order valence-electron chi connectivity index (χ1n) is 11.1. The topological polar surface area (TPSA) is 58.6 Å². The maximum Gasteiger partial charge on any atom is 0.251 e. The number of ether oxygens (including phenoxy) is 1. The fourth-order valence-electron chi connectivity index (χ4n) is 3.72. The van der Waals surface area contributed by atoms with Crippen molar-refractivity contribution in [3.05, 3.63) is 70.8 Å². The molecule has 1 aliphatic heterocycles. The highest BCUT2D eigenvalue weighted by atomic mass is 16.5. The van der Waals surface area contributed by atoms with Crippen molar-refractivity contribution in [2.24, 2.45) is 0 Å². The molecule has 2 aromatic carbocycles. The number of nitrogens with one attached hydrogen (secondary N) is 1. The molecule has 0 bridgehead atoms. The van der Waals surface area contributed by atoms with Crippen LogP contribution in [0.1, 0.15) is 52.7 Å². The highest BCUT2D eigenvalue weighted by molar-refractivity contribution is 5.95. The summed E-state index contributed by atoms with van der Waals surface area (Å²) < 4.78 is 6.19. The Balaban J connectivity index is 1.26. The van der Waals surface area contributed by atoms with Crippen molar-refractivity contribution < 1.29 is 14.3 Å². The SMILES string of the molecule is Cc1ccc(C)c(OC2CCN(C(=O)/C=C/c3ccc(C(=O)NC4CC4)cc3)CC2)c1. The second kappa shape index (κ2) is 9.38. The largest absolute Gasteiger partial charge is 0.490 e. The molecule has 1 heterocycles. The average Bonchev–Trinajstić information content (AvgIpc) is 3.59. The van der Waals surface area contributed by atoms with E-state index in [1.54, 1.807) is 18.2 Å². The van der Waals surface area contributed by atoms with Gasteiger partial charge in [-0.25, -0.2) is 0 Å². The molecule has 2 aliphatic rings. The van der Waals surface area contributed by atoms with Gasteiger partial charge in [0.05, 0.1) is 0 Å². The van der Waals surface area contributed by atoms with E-state index in [1.807, 2.05) is 23.1 Å². The molecule has 5 heteroatoms. The van der Waals surface area contributed by atoms with Crippen LogP contribution in [0.5, 0.6) is 5.75 Å². The van der Waals surface area contributed by atoms with Gasteiger partial charge in [0.25, 0.3) is 5.91 Å². The van der Waals surface area contributed by atoms with Crippen molar-refractivity contribution in [1.29, 1.82) is 0 Å². The number of amides is 2. The molecule has 2 aromatic rings. The third-order valence-electron chi connectivity index (χ3n) is 5.89. The molecule has 1 aliphatic carbocycles. The first-order valence-corrected chi connectivity index (χ1v) is 11.1. The lowest BCUT2D eigenvalue weighted by molar-refractivity contribution is -0.127. The quantitative estimate of drug-likeness (QED) is 0.713. The molecule has 2 amide bonds. The Labute approximate surface area is 184 Å². The normalized spacial score (nSPS) is 17.0. The second-order valence-electron chi connectivity index (χ2n) is 8.61. The van der Waals surface area contributed by atoms with E-state index < -0.39 is 0 Å². The van der Waals surface area contributed by atoms with Crippen molar-refractivity contribution >= 4 is 17.9 Å². The van der Waals surface area contributed by atoms with Gasteiger partial charge in [-0.05, 0) is 67.7 Å². The summed E-state index contributed by atoms with van der Waals surface area (Å²) in [6.07, 6.45) is 7.38. The van der Waals surface area contributed by atoms with Crippen LogP contribution < -0.4 is 10.1 Å². The average molecular weight is 419 g/mol. The van der Waals surface area contributed by atoms with Gasteiger partial charge in [0.2, 0.25) is 5.91 Å². The molecule has 0 atom stereocenters. The molecule has 1 saturated heterocycles. The lowest BCUT2D eigenvalue weighted by atomic mass is 10.1. The first kappa shape index (κ1) is 21.2. The Morgan fingerprint density at radius 1 is 1.00 bits per heavy atom. The zero-order valence-corrected chi connectivity index (χ0v) is 18.3. The number of nitrogens with zero attached hydrogens (tertiary/aromatic N) is 1. The minimum Gasteiger partial charge on any atom is -0.490 e. The number of hydrogen-bond donors (Lipinski definition) is 1. The van der Waals surface area contributed by atoms with Crippen LogP contribution in [0, 0.1) is 13.8 Å². The van der Waals surface area contributed by atoms with Crippen LogP contribution in [0.15, 0.2) is 48.5 Å². The van der Waals surface area contributed by atoms with Gasteiger partial charge in [-0.15, -0.1) is 0 Å². The summed E-state index contributed by atoms with van der Waals surface area (Å²) in [6, 6.07) is 13.9. The summed E-state index contributed by atoms with van der Waals surface area (Å²) in [5, 5.41) is 2.98. The fourth-order valence-corrected chi connectivity index (χ4v) is 3.72. The predicted octanol–water partition coefficient (Wildman–Crippen LogP) is 4.28. The van der Waals surface area contributed by atoms with Crippen molar-refractivity contribution in [2.75, 3.05) is 13.1 Å². The zero-order valence-electron chi connectivity index (χ0n) is 18.3. The van der Waals surface area contributed by atoms with Crippen LogP contribution in [0.25, 0.3) is 6.08 Å². The minimum absolute atomic E-state index is 0.0146. The van der Waals surface area contributed by atoms with Crippen molar-refractivity contribution in [2.45, 2.75) is 51.7 Å². The summed E-state index contributed by atoms with van der Waals surface area (Å²) in [7, 11) is 0. The van der Waals surface area contributed by atoms with Gasteiger partial charge < -0.3 is 15.0 Å². The van der Waals surface area contributed by atoms with Gasteiger partial charge >= 0.3 is 0 Å². The number of piperidine rings is 1. The van der Waals surface area contributed by atoms with E-state index >= 15 is 0 Å². The molecule has 4 rings (SSSR count). The molecule has 31 heavy (non-hydrogen) atoms. The number of carbonyl (C=O) groups excluding carboxylic acids is 2. The number of likely N-dealkylation sites (tertiary alicyclic amines) is 1. The van der Waals surface area contributed by atoms with Gasteiger partial charge in [0.15, 0.2) is 0 Å². The minimum atomic E-state index is -0.0277. The summed E-state index contributed by atoms with van der Waals surface area (Å²) in [5.41, 5.74) is 3.89. The van der Waals surface area contributed by atoms with Gasteiger partial charge in [-0.3, -0.25) is 9.59 Å². The molecular formula is C26H30N2O3. The van der Waals surface area contributed by atoms with Crippen molar-refractivity contribution in [3.8, 4) is 5.75 Å². The molecule has 0 spiro atoms. The molecular weight excluding hydrogens is 388 g/mol. The number of benzene rings is 2. The fraction of sp³-hybridized carbons (Fsp3) is 0.385. The van der Waals surface area contributed by atoms with Crippen molar-refractivity contribution in [1.82, 2.24) is 10.2 Å². The Morgan fingerprint density at radius 3 is 2.39 bits per heavy atom. The number of carbonyl (C=O) groups is 2. The lowest BCUT2D eigenvalue weighted by Gasteiger charge is -2.32. The van der Waals surface area contributed by atoms with Crippen LogP contribution in [0.2, 0.25) is 0 Å². The molecule has 2 fully saturated rings. The van der Waals surface area contributed by atoms with E-state index in [0.29, 0.717) is 24.7 Å². The Morgan fingerprint density at radius 2 is 1.71 bits per heavy atom. The van der Waals surface area contributed by atoms with Crippen LogP contribution in [-0.4, -0.2) is 41.9 Å². The lowest BCUT2D eigenvalue weighted by Crippen LogP contribution is -2.41. The smallest absolute Gasteiger partial charge is 0.251 e. The van der Waals surface area contributed by atoms with E-state index in [4.69, 9.17) is 4.74 Å². The van der Waals surface area contributed by atoms with E-state index in [1.165, 1.54) is 5.56 Å². The highest BCUT2D eigenvalue weighted by Gasteiger charge is 2.24. The summed E-state index contributed by atoms with van der Waals surface area (Å²) >= 11 is 0. The molecule has 0 aromatic heterocycles. The number of aryl methyl sites for hydroxylation is 2. The maximum atomic E-state index is 12.6. The summed E-state index contributed by atoms with van der Waals surface area (Å²) in [5.74, 6) is 0.930. The van der Waals surface area contributed by atoms with Crippen LogP contribution >= 0.6 is 0 Å². The first-order chi connectivity index (χ1) is 15.0. The summed E-state index contributed by atoms with van der Waals surface area (Å²) in [6.45, 7) is 5.51. The molecule has 162 valence electrons. The van der Waals surface area contributed by atoms with Crippen LogP contribution in [0.3, 0.4) is 0 Å². The molecule has 1 saturated carbocycles. The van der Waals surface area contributed by atoms with E-state index in [2.05, 4.69) is 37.4 Å². The van der Waals surface area contributed by atoms with Crippen molar-refractivity contribution in [3.63, 3.8) is 0 Å². The number of hydrogen-bond acceptors (Lipinski definition) is 3. The third-order valence-corrected chi connectivity index (χ3v) is 5.89.